The molecular weight excluding hydrogens is 260 g/mol. The molecule has 2 amide bonds. The number of carbonyl (C=O) groups is 2. The Hall–Kier alpha value is -1.30. The van der Waals surface area contributed by atoms with Crippen molar-refractivity contribution in [1.29, 1.82) is 0 Å². The topological polar surface area (TPSA) is 78.9 Å². The Labute approximate surface area is 120 Å². The molecule has 0 bridgehead atoms. The molecule has 0 radical (unpaired) electrons. The number of nitrogens with zero attached hydrogens (tertiary/aromatic N) is 1. The van der Waals surface area contributed by atoms with Gasteiger partial charge in [0, 0.05) is 26.2 Å². The third-order valence-electron chi connectivity index (χ3n) is 3.36. The van der Waals surface area contributed by atoms with Gasteiger partial charge in [-0.05, 0) is 39.5 Å². The van der Waals surface area contributed by atoms with Gasteiger partial charge in [-0.2, -0.15) is 0 Å². The fourth-order valence-corrected chi connectivity index (χ4v) is 2.22. The standard InChI is InChI=1S/C14H26N2O4/c1-11(2)20-9-4-3-7-15-14(19)16-8-5-6-12(10-16)13(17)18/h11-12H,3-10H2,1-2H3,(H,15,19)(H,17,18)/t12-/m1/s1. The smallest absolute Gasteiger partial charge is 0.317 e. The number of hydrogen-bond donors (Lipinski definition) is 2. The second kappa shape index (κ2) is 8.79. The van der Waals surface area contributed by atoms with Crippen molar-refractivity contribution < 1.29 is 19.4 Å². The van der Waals surface area contributed by atoms with Crippen LogP contribution in [0.1, 0.15) is 39.5 Å². The molecule has 0 spiro atoms. The van der Waals surface area contributed by atoms with E-state index in [0.29, 0.717) is 32.7 Å². The molecule has 20 heavy (non-hydrogen) atoms. The maximum absolute atomic E-state index is 11.9. The Kier molecular flexibility index (Phi) is 7.36. The van der Waals surface area contributed by atoms with Crippen LogP contribution in [0.15, 0.2) is 0 Å². The van der Waals surface area contributed by atoms with Crippen LogP contribution in [0, 0.1) is 5.92 Å². The van der Waals surface area contributed by atoms with Gasteiger partial charge in [0.25, 0.3) is 0 Å². The number of unbranched alkanes of at least 4 members (excludes halogenated alkanes) is 1. The molecule has 0 unspecified atom stereocenters. The summed E-state index contributed by atoms with van der Waals surface area (Å²) in [6.07, 6.45) is 3.44. The molecule has 0 aromatic heterocycles. The van der Waals surface area contributed by atoms with Crippen molar-refractivity contribution in [1.82, 2.24) is 10.2 Å². The molecule has 1 aliphatic rings. The van der Waals surface area contributed by atoms with E-state index in [2.05, 4.69) is 5.32 Å². The van der Waals surface area contributed by atoms with Crippen molar-refractivity contribution in [3.8, 4) is 0 Å². The Balaban J connectivity index is 2.14. The van der Waals surface area contributed by atoms with Crippen molar-refractivity contribution in [2.24, 2.45) is 5.92 Å². The van der Waals surface area contributed by atoms with Gasteiger partial charge in [-0.3, -0.25) is 4.79 Å². The fourth-order valence-electron chi connectivity index (χ4n) is 2.22. The molecule has 1 atom stereocenters. The second-order valence-electron chi connectivity index (χ2n) is 5.48. The number of carbonyl (C=O) groups excluding carboxylic acids is 1. The summed E-state index contributed by atoms with van der Waals surface area (Å²) in [7, 11) is 0. The third kappa shape index (κ3) is 6.23. The number of carboxylic acids is 1. The summed E-state index contributed by atoms with van der Waals surface area (Å²) in [5.41, 5.74) is 0. The lowest BCUT2D eigenvalue weighted by molar-refractivity contribution is -0.143. The molecule has 6 heteroatoms. The summed E-state index contributed by atoms with van der Waals surface area (Å²) in [6.45, 7) is 6.27. The number of hydrogen-bond acceptors (Lipinski definition) is 3. The minimum Gasteiger partial charge on any atom is -0.481 e. The monoisotopic (exact) mass is 286 g/mol. The lowest BCUT2D eigenvalue weighted by Crippen LogP contribution is -2.47. The highest BCUT2D eigenvalue weighted by Crippen LogP contribution is 2.16. The van der Waals surface area contributed by atoms with Crippen LogP contribution in [0.4, 0.5) is 4.79 Å². The lowest BCUT2D eigenvalue weighted by atomic mass is 9.99. The molecule has 1 fully saturated rings. The Morgan fingerprint density at radius 2 is 2.15 bits per heavy atom. The zero-order chi connectivity index (χ0) is 15.0. The first-order chi connectivity index (χ1) is 9.50. The Morgan fingerprint density at radius 1 is 1.40 bits per heavy atom. The van der Waals surface area contributed by atoms with E-state index in [9.17, 15) is 9.59 Å². The number of ether oxygens (including phenoxy) is 1. The molecule has 0 saturated carbocycles. The minimum absolute atomic E-state index is 0.152. The van der Waals surface area contributed by atoms with Crippen LogP contribution < -0.4 is 5.32 Å². The van der Waals surface area contributed by atoms with Crippen molar-refractivity contribution in [3.63, 3.8) is 0 Å². The molecule has 2 N–H and O–H groups in total. The average Bonchev–Trinajstić information content (AvgIpc) is 2.42. The quantitative estimate of drug-likeness (QED) is 0.698. The summed E-state index contributed by atoms with van der Waals surface area (Å²) in [6, 6.07) is -0.152. The Morgan fingerprint density at radius 3 is 2.80 bits per heavy atom. The molecule has 0 aliphatic carbocycles. The zero-order valence-corrected chi connectivity index (χ0v) is 12.4. The van der Waals surface area contributed by atoms with Gasteiger partial charge in [-0.15, -0.1) is 0 Å². The molecule has 116 valence electrons. The molecule has 1 heterocycles. The molecular formula is C14H26N2O4. The van der Waals surface area contributed by atoms with E-state index in [-0.39, 0.29) is 12.1 Å². The normalized spacial score (nSPS) is 19.1. The first-order valence-corrected chi connectivity index (χ1v) is 7.38. The van der Waals surface area contributed by atoms with Crippen LogP contribution in [0.3, 0.4) is 0 Å². The van der Waals surface area contributed by atoms with Crippen LogP contribution in [0.2, 0.25) is 0 Å². The summed E-state index contributed by atoms with van der Waals surface area (Å²) in [5.74, 6) is -1.23. The Bertz CT molecular complexity index is 320. The number of carboxylic acid groups (broad SMARTS) is 1. The van der Waals surface area contributed by atoms with Crippen LogP contribution in [-0.2, 0) is 9.53 Å². The number of urea groups is 1. The largest absolute Gasteiger partial charge is 0.481 e. The van der Waals surface area contributed by atoms with E-state index in [1.165, 1.54) is 0 Å². The molecule has 0 aromatic carbocycles. The van der Waals surface area contributed by atoms with Crippen molar-refractivity contribution in [2.45, 2.75) is 45.6 Å². The SMILES string of the molecule is CC(C)OCCCCNC(=O)N1CCC[C@@H](C(=O)O)C1. The number of nitrogens with one attached hydrogen (secondary N) is 1. The summed E-state index contributed by atoms with van der Waals surface area (Å²) >= 11 is 0. The van der Waals surface area contributed by atoms with Gasteiger partial charge in [0.1, 0.15) is 0 Å². The van der Waals surface area contributed by atoms with Gasteiger partial charge in [0.2, 0.25) is 0 Å². The lowest BCUT2D eigenvalue weighted by Gasteiger charge is -2.30. The number of likely N-dealkylation sites (tertiary alicyclic amines) is 1. The predicted octanol–water partition coefficient (Wildman–Crippen LogP) is 1.70. The van der Waals surface area contributed by atoms with Gasteiger partial charge in [-0.25, -0.2) is 4.79 Å². The molecule has 1 rings (SSSR count). The molecule has 1 aliphatic heterocycles. The van der Waals surface area contributed by atoms with Gasteiger partial charge < -0.3 is 20.1 Å². The van der Waals surface area contributed by atoms with E-state index in [1.54, 1.807) is 4.90 Å². The summed E-state index contributed by atoms with van der Waals surface area (Å²) in [4.78, 5) is 24.4. The third-order valence-corrected chi connectivity index (χ3v) is 3.36. The highest BCUT2D eigenvalue weighted by molar-refractivity contribution is 5.76. The van der Waals surface area contributed by atoms with Gasteiger partial charge in [-0.1, -0.05) is 0 Å². The van der Waals surface area contributed by atoms with Crippen LogP contribution in [0.25, 0.3) is 0 Å². The number of amides is 2. The van der Waals surface area contributed by atoms with Crippen LogP contribution in [-0.4, -0.2) is 54.4 Å². The first kappa shape index (κ1) is 16.8. The minimum atomic E-state index is -0.812. The predicted molar refractivity (Wildman–Crippen MR) is 75.7 cm³/mol. The van der Waals surface area contributed by atoms with Crippen LogP contribution in [0.5, 0.6) is 0 Å². The van der Waals surface area contributed by atoms with E-state index in [4.69, 9.17) is 9.84 Å². The van der Waals surface area contributed by atoms with E-state index < -0.39 is 11.9 Å². The average molecular weight is 286 g/mol. The van der Waals surface area contributed by atoms with Crippen LogP contribution >= 0.6 is 0 Å². The second-order valence-corrected chi connectivity index (χ2v) is 5.48. The van der Waals surface area contributed by atoms with Gasteiger partial charge in [0.15, 0.2) is 0 Å². The summed E-state index contributed by atoms with van der Waals surface area (Å²) < 4.78 is 5.42. The first-order valence-electron chi connectivity index (χ1n) is 7.38. The highest BCUT2D eigenvalue weighted by atomic mass is 16.5. The maximum Gasteiger partial charge on any atom is 0.317 e. The van der Waals surface area contributed by atoms with Crippen molar-refractivity contribution >= 4 is 12.0 Å². The van der Waals surface area contributed by atoms with Gasteiger partial charge in [0.05, 0.1) is 12.0 Å². The van der Waals surface area contributed by atoms with Crippen molar-refractivity contribution in [3.05, 3.63) is 0 Å². The highest BCUT2D eigenvalue weighted by Gasteiger charge is 2.27. The molecule has 6 nitrogen and oxygen atoms in total. The fraction of sp³-hybridized carbons (Fsp3) is 0.857. The van der Waals surface area contributed by atoms with Crippen molar-refractivity contribution in [2.75, 3.05) is 26.2 Å². The maximum atomic E-state index is 11.9. The number of aliphatic carboxylic acids is 1. The van der Waals surface area contributed by atoms with E-state index >= 15 is 0 Å². The summed E-state index contributed by atoms with van der Waals surface area (Å²) in [5, 5.41) is 11.8. The molecule has 1 saturated heterocycles. The molecule has 0 aromatic rings. The zero-order valence-electron chi connectivity index (χ0n) is 12.4. The van der Waals surface area contributed by atoms with E-state index in [1.807, 2.05) is 13.8 Å². The number of rotatable bonds is 7. The van der Waals surface area contributed by atoms with Gasteiger partial charge >= 0.3 is 12.0 Å². The van der Waals surface area contributed by atoms with E-state index in [0.717, 1.165) is 19.3 Å². The number of piperidine rings is 1.